The molecule has 0 unspecified atom stereocenters. The minimum absolute atomic E-state index is 0.291. The third kappa shape index (κ3) is 3.42. The maximum atomic E-state index is 13.9. The Bertz CT molecular complexity index is 801. The SMILES string of the molecule is O=C(NCCc1cccnc1)c1cn[nH]c1-c1ccccc1F. The van der Waals surface area contributed by atoms with Gasteiger partial charge in [0.2, 0.25) is 0 Å². The zero-order valence-electron chi connectivity index (χ0n) is 12.3. The first-order valence-electron chi connectivity index (χ1n) is 7.21. The first-order valence-corrected chi connectivity index (χ1v) is 7.21. The van der Waals surface area contributed by atoms with E-state index in [2.05, 4.69) is 20.5 Å². The number of carbonyl (C=O) groups excluding carboxylic acids is 1. The summed E-state index contributed by atoms with van der Waals surface area (Å²) < 4.78 is 13.9. The molecule has 3 rings (SSSR count). The van der Waals surface area contributed by atoms with E-state index >= 15 is 0 Å². The number of carbonyl (C=O) groups is 1. The molecule has 0 bridgehead atoms. The van der Waals surface area contributed by atoms with Crippen molar-refractivity contribution in [3.05, 3.63) is 71.9 Å². The highest BCUT2D eigenvalue weighted by Gasteiger charge is 2.17. The van der Waals surface area contributed by atoms with Crippen LogP contribution in [0.1, 0.15) is 15.9 Å². The van der Waals surface area contributed by atoms with Crippen LogP contribution in [0.2, 0.25) is 0 Å². The van der Waals surface area contributed by atoms with Gasteiger partial charge < -0.3 is 5.32 Å². The fraction of sp³-hybridized carbons (Fsp3) is 0.118. The molecule has 0 saturated carbocycles. The number of hydrogen-bond donors (Lipinski definition) is 2. The van der Waals surface area contributed by atoms with Gasteiger partial charge in [0.25, 0.3) is 5.91 Å². The number of benzene rings is 1. The van der Waals surface area contributed by atoms with Gasteiger partial charge in [-0.25, -0.2) is 4.39 Å². The Hall–Kier alpha value is -3.02. The van der Waals surface area contributed by atoms with Crippen molar-refractivity contribution in [3.8, 4) is 11.3 Å². The molecule has 2 aromatic heterocycles. The molecule has 2 N–H and O–H groups in total. The van der Waals surface area contributed by atoms with Crippen LogP contribution in [-0.4, -0.2) is 27.6 Å². The fourth-order valence-corrected chi connectivity index (χ4v) is 2.29. The van der Waals surface area contributed by atoms with Crippen molar-refractivity contribution in [3.63, 3.8) is 0 Å². The molecule has 0 aliphatic heterocycles. The number of halogens is 1. The molecule has 0 saturated heterocycles. The lowest BCUT2D eigenvalue weighted by Gasteiger charge is -2.06. The largest absolute Gasteiger partial charge is 0.352 e. The first-order chi connectivity index (χ1) is 11.3. The lowest BCUT2D eigenvalue weighted by atomic mass is 10.1. The molecule has 3 aromatic rings. The van der Waals surface area contributed by atoms with Crippen molar-refractivity contribution in [2.75, 3.05) is 6.54 Å². The number of H-pyrrole nitrogens is 1. The lowest BCUT2D eigenvalue weighted by Crippen LogP contribution is -2.25. The molecular formula is C17H15FN4O. The zero-order valence-corrected chi connectivity index (χ0v) is 12.3. The number of hydrogen-bond acceptors (Lipinski definition) is 3. The molecule has 2 heterocycles. The van der Waals surface area contributed by atoms with E-state index in [1.54, 1.807) is 30.6 Å². The molecule has 0 atom stereocenters. The molecule has 1 aromatic carbocycles. The highest BCUT2D eigenvalue weighted by Crippen LogP contribution is 2.23. The molecule has 0 radical (unpaired) electrons. The van der Waals surface area contributed by atoms with Crippen molar-refractivity contribution in [1.29, 1.82) is 0 Å². The Kier molecular flexibility index (Phi) is 4.42. The predicted molar refractivity (Wildman–Crippen MR) is 84.3 cm³/mol. The second-order valence-corrected chi connectivity index (χ2v) is 5.01. The number of amides is 1. The quantitative estimate of drug-likeness (QED) is 0.761. The van der Waals surface area contributed by atoms with E-state index in [9.17, 15) is 9.18 Å². The van der Waals surface area contributed by atoms with Crippen LogP contribution in [0.15, 0.2) is 55.0 Å². The Balaban J connectivity index is 1.69. The Labute approximate surface area is 132 Å². The van der Waals surface area contributed by atoms with Crippen LogP contribution in [0.4, 0.5) is 4.39 Å². The Morgan fingerprint density at radius 3 is 2.83 bits per heavy atom. The normalized spacial score (nSPS) is 10.5. The number of pyridine rings is 1. The monoisotopic (exact) mass is 310 g/mol. The molecule has 5 nitrogen and oxygen atoms in total. The summed E-state index contributed by atoms with van der Waals surface area (Å²) in [6.07, 6.45) is 5.54. The maximum absolute atomic E-state index is 13.9. The van der Waals surface area contributed by atoms with Gasteiger partial charge in [0.1, 0.15) is 5.82 Å². The lowest BCUT2D eigenvalue weighted by molar-refractivity contribution is 0.0955. The minimum Gasteiger partial charge on any atom is -0.352 e. The Morgan fingerprint density at radius 2 is 2.04 bits per heavy atom. The van der Waals surface area contributed by atoms with Gasteiger partial charge in [-0.05, 0) is 30.2 Å². The summed E-state index contributed by atoms with van der Waals surface area (Å²) in [4.78, 5) is 16.3. The second kappa shape index (κ2) is 6.83. The number of rotatable bonds is 5. The topological polar surface area (TPSA) is 70.7 Å². The summed E-state index contributed by atoms with van der Waals surface area (Å²) in [5.74, 6) is -0.693. The van der Waals surface area contributed by atoms with Crippen LogP contribution in [0.3, 0.4) is 0 Å². The summed E-state index contributed by atoms with van der Waals surface area (Å²) in [5, 5.41) is 9.37. The standard InChI is InChI=1S/C17H15FN4O/c18-15-6-2-1-5-13(15)16-14(11-21-22-16)17(23)20-9-7-12-4-3-8-19-10-12/h1-6,8,10-11H,7,9H2,(H,20,23)(H,21,22). The van der Waals surface area contributed by atoms with E-state index in [0.29, 0.717) is 29.8 Å². The van der Waals surface area contributed by atoms with Crippen molar-refractivity contribution in [2.24, 2.45) is 0 Å². The van der Waals surface area contributed by atoms with Crippen LogP contribution >= 0.6 is 0 Å². The highest BCUT2D eigenvalue weighted by atomic mass is 19.1. The fourth-order valence-electron chi connectivity index (χ4n) is 2.29. The van der Waals surface area contributed by atoms with E-state index in [1.165, 1.54) is 12.3 Å². The molecular weight excluding hydrogens is 295 g/mol. The van der Waals surface area contributed by atoms with Gasteiger partial charge in [-0.2, -0.15) is 5.10 Å². The van der Waals surface area contributed by atoms with Crippen LogP contribution < -0.4 is 5.32 Å². The highest BCUT2D eigenvalue weighted by molar-refractivity contribution is 5.99. The summed E-state index contributed by atoms with van der Waals surface area (Å²) in [6, 6.07) is 10.1. The second-order valence-electron chi connectivity index (χ2n) is 5.01. The van der Waals surface area contributed by atoms with Gasteiger partial charge in [0.15, 0.2) is 0 Å². The summed E-state index contributed by atoms with van der Waals surface area (Å²) in [6.45, 7) is 0.465. The molecule has 0 fully saturated rings. The van der Waals surface area contributed by atoms with Crippen LogP contribution in [-0.2, 0) is 6.42 Å². The van der Waals surface area contributed by atoms with Crippen molar-refractivity contribution < 1.29 is 9.18 Å². The minimum atomic E-state index is -0.402. The van der Waals surface area contributed by atoms with Gasteiger partial charge in [-0.15, -0.1) is 0 Å². The van der Waals surface area contributed by atoms with Gasteiger partial charge in [-0.1, -0.05) is 18.2 Å². The summed E-state index contributed by atoms with van der Waals surface area (Å²) >= 11 is 0. The molecule has 6 heteroatoms. The van der Waals surface area contributed by atoms with Gasteiger partial charge >= 0.3 is 0 Å². The average molecular weight is 310 g/mol. The number of aromatic amines is 1. The van der Waals surface area contributed by atoms with E-state index in [0.717, 1.165) is 5.56 Å². The summed E-state index contributed by atoms with van der Waals surface area (Å²) in [7, 11) is 0. The molecule has 0 spiro atoms. The maximum Gasteiger partial charge on any atom is 0.255 e. The molecule has 23 heavy (non-hydrogen) atoms. The van der Waals surface area contributed by atoms with Crippen molar-refractivity contribution >= 4 is 5.91 Å². The van der Waals surface area contributed by atoms with E-state index < -0.39 is 5.82 Å². The predicted octanol–water partition coefficient (Wildman–Crippen LogP) is 2.58. The number of aromatic nitrogens is 3. The van der Waals surface area contributed by atoms with E-state index in [1.807, 2.05) is 12.1 Å². The van der Waals surface area contributed by atoms with E-state index in [-0.39, 0.29) is 5.91 Å². The van der Waals surface area contributed by atoms with Gasteiger partial charge in [0, 0.05) is 24.5 Å². The molecule has 0 aliphatic rings. The van der Waals surface area contributed by atoms with Gasteiger partial charge in [-0.3, -0.25) is 14.9 Å². The Morgan fingerprint density at radius 1 is 1.17 bits per heavy atom. The average Bonchev–Trinajstić information content (AvgIpc) is 3.06. The van der Waals surface area contributed by atoms with Crippen molar-refractivity contribution in [1.82, 2.24) is 20.5 Å². The molecule has 0 aliphatic carbocycles. The first kappa shape index (κ1) is 14.9. The van der Waals surface area contributed by atoms with Crippen LogP contribution in [0, 0.1) is 5.82 Å². The van der Waals surface area contributed by atoms with E-state index in [4.69, 9.17) is 0 Å². The third-order valence-corrected chi connectivity index (χ3v) is 3.45. The zero-order chi connectivity index (χ0) is 16.1. The third-order valence-electron chi connectivity index (χ3n) is 3.45. The van der Waals surface area contributed by atoms with Crippen LogP contribution in [0.5, 0.6) is 0 Å². The molecule has 1 amide bonds. The van der Waals surface area contributed by atoms with Gasteiger partial charge in [0.05, 0.1) is 17.5 Å². The number of nitrogens with zero attached hydrogens (tertiary/aromatic N) is 2. The molecule has 116 valence electrons. The number of nitrogens with one attached hydrogen (secondary N) is 2. The van der Waals surface area contributed by atoms with Crippen LogP contribution in [0.25, 0.3) is 11.3 Å². The smallest absolute Gasteiger partial charge is 0.255 e. The van der Waals surface area contributed by atoms with Crippen molar-refractivity contribution in [2.45, 2.75) is 6.42 Å². The summed E-state index contributed by atoms with van der Waals surface area (Å²) in [5.41, 5.74) is 2.06.